The molecular weight excluding hydrogens is 362 g/mol. The SMILES string of the molecule is CC1Cc2ccccc2N1C(=O)N1CCN(C(=O)c2ccc(Cl)cc2)CC1. The van der Waals surface area contributed by atoms with Gasteiger partial charge in [0.2, 0.25) is 0 Å². The number of para-hydroxylation sites is 1. The van der Waals surface area contributed by atoms with Gasteiger partial charge in [-0.25, -0.2) is 4.79 Å². The average Bonchev–Trinajstić information content (AvgIpc) is 3.03. The first kappa shape index (κ1) is 17.9. The largest absolute Gasteiger partial charge is 0.335 e. The summed E-state index contributed by atoms with van der Waals surface area (Å²) in [7, 11) is 0. The molecule has 0 spiro atoms. The summed E-state index contributed by atoms with van der Waals surface area (Å²) in [6, 6.07) is 15.2. The zero-order valence-electron chi connectivity index (χ0n) is 15.3. The highest BCUT2D eigenvalue weighted by Gasteiger charge is 2.35. The average molecular weight is 384 g/mol. The third-order valence-corrected chi connectivity index (χ3v) is 5.59. The molecule has 2 aliphatic rings. The molecule has 0 N–H and O–H groups in total. The number of carbonyl (C=O) groups is 2. The van der Waals surface area contributed by atoms with Crippen LogP contribution in [0.3, 0.4) is 0 Å². The van der Waals surface area contributed by atoms with Crippen molar-refractivity contribution in [1.82, 2.24) is 9.80 Å². The molecule has 0 saturated carbocycles. The molecule has 27 heavy (non-hydrogen) atoms. The Morgan fingerprint density at radius 1 is 0.926 bits per heavy atom. The summed E-state index contributed by atoms with van der Waals surface area (Å²) in [4.78, 5) is 31.3. The lowest BCUT2D eigenvalue weighted by molar-refractivity contribution is 0.0668. The molecule has 1 atom stereocenters. The number of hydrogen-bond acceptors (Lipinski definition) is 2. The minimum atomic E-state index is -0.0151. The zero-order chi connectivity index (χ0) is 19.0. The van der Waals surface area contributed by atoms with E-state index in [4.69, 9.17) is 11.6 Å². The van der Waals surface area contributed by atoms with Crippen molar-refractivity contribution in [2.24, 2.45) is 0 Å². The van der Waals surface area contributed by atoms with E-state index in [1.54, 1.807) is 29.2 Å². The summed E-state index contributed by atoms with van der Waals surface area (Å²) in [6.07, 6.45) is 0.886. The minimum absolute atomic E-state index is 0.0151. The Bertz CT molecular complexity index is 860. The van der Waals surface area contributed by atoms with E-state index in [1.165, 1.54) is 5.56 Å². The summed E-state index contributed by atoms with van der Waals surface area (Å²) in [6.45, 7) is 4.25. The number of rotatable bonds is 1. The summed E-state index contributed by atoms with van der Waals surface area (Å²) < 4.78 is 0. The van der Waals surface area contributed by atoms with Gasteiger partial charge >= 0.3 is 6.03 Å². The van der Waals surface area contributed by atoms with Crippen LogP contribution in [-0.2, 0) is 6.42 Å². The van der Waals surface area contributed by atoms with Crippen LogP contribution in [0.15, 0.2) is 48.5 Å². The third kappa shape index (κ3) is 3.39. The van der Waals surface area contributed by atoms with Crippen molar-refractivity contribution >= 4 is 29.2 Å². The van der Waals surface area contributed by atoms with Gasteiger partial charge in [0.15, 0.2) is 0 Å². The normalized spacial score (nSPS) is 19.2. The predicted molar refractivity (Wildman–Crippen MR) is 106 cm³/mol. The van der Waals surface area contributed by atoms with E-state index in [-0.39, 0.29) is 18.0 Å². The molecule has 2 aliphatic heterocycles. The van der Waals surface area contributed by atoms with Crippen LogP contribution in [0.2, 0.25) is 5.02 Å². The van der Waals surface area contributed by atoms with E-state index in [1.807, 2.05) is 28.0 Å². The summed E-state index contributed by atoms with van der Waals surface area (Å²) >= 11 is 5.89. The fourth-order valence-electron chi connectivity index (χ4n) is 3.89. The maximum absolute atomic E-state index is 13.1. The van der Waals surface area contributed by atoms with Crippen LogP contribution in [0.4, 0.5) is 10.5 Å². The van der Waals surface area contributed by atoms with Crippen LogP contribution < -0.4 is 4.90 Å². The quantitative estimate of drug-likeness (QED) is 0.754. The highest BCUT2D eigenvalue weighted by atomic mass is 35.5. The molecular formula is C21H22ClN3O2. The van der Waals surface area contributed by atoms with Crippen LogP contribution >= 0.6 is 11.6 Å². The van der Waals surface area contributed by atoms with Gasteiger partial charge in [0.25, 0.3) is 5.91 Å². The Morgan fingerprint density at radius 3 is 2.26 bits per heavy atom. The number of nitrogens with zero attached hydrogens (tertiary/aromatic N) is 3. The van der Waals surface area contributed by atoms with Gasteiger partial charge in [-0.1, -0.05) is 29.8 Å². The molecule has 3 amide bonds. The van der Waals surface area contributed by atoms with E-state index in [0.717, 1.165) is 12.1 Å². The number of benzene rings is 2. The first-order valence-corrected chi connectivity index (χ1v) is 9.63. The first-order valence-electron chi connectivity index (χ1n) is 9.25. The zero-order valence-corrected chi connectivity index (χ0v) is 16.0. The van der Waals surface area contributed by atoms with Gasteiger partial charge < -0.3 is 9.80 Å². The Morgan fingerprint density at radius 2 is 1.56 bits per heavy atom. The number of anilines is 1. The Balaban J connectivity index is 1.41. The van der Waals surface area contributed by atoms with Crippen molar-refractivity contribution in [3.8, 4) is 0 Å². The molecule has 0 radical (unpaired) electrons. The number of hydrogen-bond donors (Lipinski definition) is 0. The van der Waals surface area contributed by atoms with Crippen LogP contribution in [-0.4, -0.2) is 54.0 Å². The lowest BCUT2D eigenvalue weighted by Gasteiger charge is -2.37. The van der Waals surface area contributed by atoms with Crippen LogP contribution in [0.5, 0.6) is 0 Å². The summed E-state index contributed by atoms with van der Waals surface area (Å²) in [5, 5.41) is 0.613. The van der Waals surface area contributed by atoms with Gasteiger partial charge in [-0.05, 0) is 49.2 Å². The van der Waals surface area contributed by atoms with Gasteiger partial charge in [0.05, 0.1) is 0 Å². The predicted octanol–water partition coefficient (Wildman–Crippen LogP) is 3.67. The van der Waals surface area contributed by atoms with Crippen molar-refractivity contribution in [2.75, 3.05) is 31.1 Å². The van der Waals surface area contributed by atoms with Gasteiger partial charge in [-0.2, -0.15) is 0 Å². The number of carbonyl (C=O) groups excluding carboxylic acids is 2. The second-order valence-corrected chi connectivity index (χ2v) is 7.56. The van der Waals surface area contributed by atoms with Crippen molar-refractivity contribution in [1.29, 1.82) is 0 Å². The topological polar surface area (TPSA) is 43.9 Å². The van der Waals surface area contributed by atoms with Crippen molar-refractivity contribution in [2.45, 2.75) is 19.4 Å². The second-order valence-electron chi connectivity index (χ2n) is 7.12. The maximum Gasteiger partial charge on any atom is 0.324 e. The van der Waals surface area contributed by atoms with Crippen molar-refractivity contribution < 1.29 is 9.59 Å². The highest BCUT2D eigenvalue weighted by Crippen LogP contribution is 2.32. The number of urea groups is 1. The molecule has 2 heterocycles. The molecule has 0 aliphatic carbocycles. The number of amides is 3. The Labute approximate surface area is 164 Å². The lowest BCUT2D eigenvalue weighted by atomic mass is 10.1. The second kappa shape index (κ2) is 7.24. The molecule has 2 aromatic carbocycles. The fraction of sp³-hybridized carbons (Fsp3) is 0.333. The number of fused-ring (bicyclic) bond motifs is 1. The molecule has 6 heteroatoms. The summed E-state index contributed by atoms with van der Waals surface area (Å²) in [5.74, 6) is -0.0151. The molecule has 1 unspecified atom stereocenters. The molecule has 0 aromatic heterocycles. The molecule has 140 valence electrons. The smallest absolute Gasteiger partial charge is 0.324 e. The van der Waals surface area contributed by atoms with E-state index in [2.05, 4.69) is 13.0 Å². The van der Waals surface area contributed by atoms with Gasteiger partial charge in [-0.15, -0.1) is 0 Å². The first-order chi connectivity index (χ1) is 13.0. The minimum Gasteiger partial charge on any atom is -0.335 e. The Hall–Kier alpha value is -2.53. The fourth-order valence-corrected chi connectivity index (χ4v) is 4.01. The van der Waals surface area contributed by atoms with Crippen LogP contribution in [0, 0.1) is 0 Å². The van der Waals surface area contributed by atoms with E-state index in [9.17, 15) is 9.59 Å². The van der Waals surface area contributed by atoms with Crippen LogP contribution in [0.25, 0.3) is 0 Å². The van der Waals surface area contributed by atoms with Crippen molar-refractivity contribution in [3.05, 3.63) is 64.7 Å². The lowest BCUT2D eigenvalue weighted by Crippen LogP contribution is -2.55. The van der Waals surface area contributed by atoms with Crippen LogP contribution in [0.1, 0.15) is 22.8 Å². The van der Waals surface area contributed by atoms with E-state index < -0.39 is 0 Å². The number of halogens is 1. The monoisotopic (exact) mass is 383 g/mol. The van der Waals surface area contributed by atoms with Gasteiger partial charge in [0, 0.05) is 48.5 Å². The van der Waals surface area contributed by atoms with E-state index in [0.29, 0.717) is 36.8 Å². The summed E-state index contributed by atoms with van der Waals surface area (Å²) in [5.41, 5.74) is 2.85. The molecule has 1 fully saturated rings. The maximum atomic E-state index is 13.1. The molecule has 5 nitrogen and oxygen atoms in total. The van der Waals surface area contributed by atoms with Gasteiger partial charge in [0.1, 0.15) is 0 Å². The van der Waals surface area contributed by atoms with Gasteiger partial charge in [-0.3, -0.25) is 9.69 Å². The molecule has 0 bridgehead atoms. The highest BCUT2D eigenvalue weighted by molar-refractivity contribution is 6.30. The van der Waals surface area contributed by atoms with Crippen molar-refractivity contribution in [3.63, 3.8) is 0 Å². The van der Waals surface area contributed by atoms with E-state index >= 15 is 0 Å². The standard InChI is InChI=1S/C21H22ClN3O2/c1-15-14-17-4-2-3-5-19(17)25(15)21(27)24-12-10-23(11-13-24)20(26)16-6-8-18(22)9-7-16/h2-9,15H,10-14H2,1H3. The number of piperazine rings is 1. The molecule has 2 aromatic rings. The molecule has 4 rings (SSSR count). The molecule has 1 saturated heterocycles. The Kier molecular flexibility index (Phi) is 4.79. The third-order valence-electron chi connectivity index (χ3n) is 5.34.